The maximum absolute atomic E-state index is 5.48. The molecule has 0 saturated carbocycles. The molecule has 148 valence electrons. The van der Waals surface area contributed by atoms with Crippen LogP contribution >= 0.6 is 0 Å². The predicted octanol–water partition coefficient (Wildman–Crippen LogP) is 4.53. The molecule has 7 nitrogen and oxygen atoms in total. The third-order valence-electron chi connectivity index (χ3n) is 4.68. The zero-order chi connectivity index (χ0) is 20.4. The molecule has 0 aliphatic rings. The molecule has 2 heterocycles. The summed E-state index contributed by atoms with van der Waals surface area (Å²) in [5.74, 6) is 3.21. The summed E-state index contributed by atoms with van der Waals surface area (Å²) in [5.41, 5.74) is 3.77. The highest BCUT2D eigenvalue weighted by molar-refractivity contribution is 5.88. The van der Waals surface area contributed by atoms with Crippen molar-refractivity contribution in [2.75, 3.05) is 19.5 Å². The molecule has 1 N–H and O–H groups in total. The van der Waals surface area contributed by atoms with Gasteiger partial charge < -0.3 is 19.3 Å². The van der Waals surface area contributed by atoms with Gasteiger partial charge in [-0.05, 0) is 42.8 Å². The summed E-state index contributed by atoms with van der Waals surface area (Å²) in [4.78, 5) is 9.21. The first-order valence-corrected chi connectivity index (χ1v) is 9.24. The first-order chi connectivity index (χ1) is 14.1. The van der Waals surface area contributed by atoms with E-state index in [-0.39, 0.29) is 0 Å². The van der Waals surface area contributed by atoms with Crippen LogP contribution < -0.4 is 14.8 Å². The van der Waals surface area contributed by atoms with Crippen LogP contribution in [-0.2, 0) is 6.54 Å². The van der Waals surface area contributed by atoms with E-state index in [2.05, 4.69) is 27.6 Å². The van der Waals surface area contributed by atoms with Crippen LogP contribution in [0.2, 0.25) is 0 Å². The van der Waals surface area contributed by atoms with Crippen molar-refractivity contribution >= 4 is 16.7 Å². The summed E-state index contributed by atoms with van der Waals surface area (Å²) in [7, 11) is 3.29. The molecule has 0 saturated heterocycles. The molecule has 0 atom stereocenters. The molecule has 0 aliphatic carbocycles. The number of anilines is 1. The highest BCUT2D eigenvalue weighted by atomic mass is 16.5. The molecule has 4 rings (SSSR count). The van der Waals surface area contributed by atoms with Gasteiger partial charge in [-0.1, -0.05) is 17.3 Å². The van der Waals surface area contributed by atoms with Crippen molar-refractivity contribution in [2.24, 2.45) is 0 Å². The minimum absolute atomic E-state index is 0.495. The van der Waals surface area contributed by atoms with E-state index >= 15 is 0 Å². The van der Waals surface area contributed by atoms with E-state index in [0.717, 1.165) is 39.1 Å². The van der Waals surface area contributed by atoms with E-state index in [1.807, 2.05) is 37.3 Å². The summed E-state index contributed by atoms with van der Waals surface area (Å²) >= 11 is 0. The molecule has 4 aromatic rings. The number of methoxy groups -OCH3 is 2. The highest BCUT2D eigenvalue weighted by Gasteiger charge is 2.15. The molecule has 0 spiro atoms. The van der Waals surface area contributed by atoms with E-state index in [1.54, 1.807) is 21.1 Å². The maximum atomic E-state index is 5.48. The summed E-state index contributed by atoms with van der Waals surface area (Å²) in [5, 5.41) is 8.49. The molecule has 0 bridgehead atoms. The van der Waals surface area contributed by atoms with Crippen molar-refractivity contribution in [1.82, 2.24) is 15.1 Å². The van der Waals surface area contributed by atoms with Gasteiger partial charge in [-0.3, -0.25) is 0 Å². The number of rotatable bonds is 6. The lowest BCUT2D eigenvalue weighted by molar-refractivity contribution is 0.394. The third-order valence-corrected chi connectivity index (χ3v) is 4.68. The number of hydrogen-bond donors (Lipinski definition) is 1. The number of nitrogens with zero attached hydrogens (tertiary/aromatic N) is 3. The fourth-order valence-corrected chi connectivity index (χ4v) is 3.19. The number of benzene rings is 2. The fourth-order valence-electron chi connectivity index (χ4n) is 3.19. The second-order valence-electron chi connectivity index (χ2n) is 6.75. The van der Waals surface area contributed by atoms with Crippen LogP contribution in [0.25, 0.3) is 22.3 Å². The van der Waals surface area contributed by atoms with Gasteiger partial charge in [-0.25, -0.2) is 4.98 Å². The fraction of sp³-hybridized carbons (Fsp3) is 0.227. The van der Waals surface area contributed by atoms with Crippen LogP contribution in [0.5, 0.6) is 11.5 Å². The average molecular weight is 390 g/mol. The minimum atomic E-state index is 0.495. The Labute approximate surface area is 168 Å². The summed E-state index contributed by atoms with van der Waals surface area (Å²) in [6.45, 7) is 4.31. The zero-order valence-electron chi connectivity index (χ0n) is 16.8. The Morgan fingerprint density at radius 1 is 0.966 bits per heavy atom. The van der Waals surface area contributed by atoms with Crippen LogP contribution in [-0.4, -0.2) is 29.3 Å². The van der Waals surface area contributed by atoms with Gasteiger partial charge in [0, 0.05) is 24.4 Å². The lowest BCUT2D eigenvalue weighted by Crippen LogP contribution is -2.06. The molecule has 2 aromatic heterocycles. The van der Waals surface area contributed by atoms with Gasteiger partial charge in [0.25, 0.3) is 0 Å². The molecule has 0 aliphatic heterocycles. The number of pyridine rings is 1. The maximum Gasteiger partial charge on any atom is 0.223 e. The lowest BCUT2D eigenvalue weighted by Gasteiger charge is -2.14. The molecule has 0 radical (unpaired) electrons. The van der Waals surface area contributed by atoms with Crippen LogP contribution in [0, 0.1) is 13.8 Å². The number of aryl methyl sites for hydroxylation is 2. The second kappa shape index (κ2) is 7.79. The second-order valence-corrected chi connectivity index (χ2v) is 6.75. The molecule has 0 amide bonds. The molecule has 0 unspecified atom stereocenters. The largest absolute Gasteiger partial charge is 0.497 e. The molecule has 0 fully saturated rings. The summed E-state index contributed by atoms with van der Waals surface area (Å²) in [6.07, 6.45) is 0. The summed E-state index contributed by atoms with van der Waals surface area (Å²) in [6, 6.07) is 13.9. The van der Waals surface area contributed by atoms with Crippen LogP contribution in [0.15, 0.2) is 47.0 Å². The SMILES string of the molecule is COc1ccc(OC)c(CNc2nc3cc(C)ccc3cc2-c2noc(C)n2)c1. The topological polar surface area (TPSA) is 82.3 Å². The monoisotopic (exact) mass is 390 g/mol. The number of hydrogen-bond acceptors (Lipinski definition) is 7. The van der Waals surface area contributed by atoms with E-state index in [1.165, 1.54) is 0 Å². The van der Waals surface area contributed by atoms with Crippen molar-refractivity contribution in [1.29, 1.82) is 0 Å². The third kappa shape index (κ3) is 3.85. The van der Waals surface area contributed by atoms with E-state index in [4.69, 9.17) is 19.0 Å². The molecular weight excluding hydrogens is 368 g/mol. The number of aromatic nitrogens is 3. The van der Waals surface area contributed by atoms with Crippen molar-refractivity contribution in [3.8, 4) is 22.9 Å². The van der Waals surface area contributed by atoms with Crippen molar-refractivity contribution in [2.45, 2.75) is 20.4 Å². The Kier molecular flexibility index (Phi) is 5.03. The van der Waals surface area contributed by atoms with Crippen LogP contribution in [0.3, 0.4) is 0 Å². The van der Waals surface area contributed by atoms with Crippen LogP contribution in [0.1, 0.15) is 17.0 Å². The Bertz CT molecular complexity index is 1170. The Balaban J connectivity index is 1.76. The van der Waals surface area contributed by atoms with E-state index in [0.29, 0.717) is 24.1 Å². The first-order valence-electron chi connectivity index (χ1n) is 9.24. The number of ether oxygens (including phenoxy) is 2. The highest BCUT2D eigenvalue weighted by Crippen LogP contribution is 2.30. The lowest BCUT2D eigenvalue weighted by atomic mass is 10.1. The molecule has 2 aromatic carbocycles. The Morgan fingerprint density at radius 3 is 2.55 bits per heavy atom. The predicted molar refractivity (Wildman–Crippen MR) is 111 cm³/mol. The standard InChI is InChI=1S/C22H22N4O3/c1-13-5-6-15-11-18(22-24-14(2)29-26-22)21(25-19(15)9-13)23-12-16-10-17(27-3)7-8-20(16)28-4/h5-11H,12H2,1-4H3,(H,23,25). The normalized spacial score (nSPS) is 10.9. The average Bonchev–Trinajstić information content (AvgIpc) is 3.17. The zero-order valence-corrected chi connectivity index (χ0v) is 16.8. The van der Waals surface area contributed by atoms with Gasteiger partial charge >= 0.3 is 0 Å². The van der Waals surface area contributed by atoms with Crippen molar-refractivity contribution in [3.05, 3.63) is 59.5 Å². The van der Waals surface area contributed by atoms with Crippen molar-refractivity contribution < 1.29 is 14.0 Å². The number of nitrogens with one attached hydrogen (secondary N) is 1. The quantitative estimate of drug-likeness (QED) is 0.518. The van der Waals surface area contributed by atoms with Crippen LogP contribution in [0.4, 0.5) is 5.82 Å². The van der Waals surface area contributed by atoms with E-state index < -0.39 is 0 Å². The van der Waals surface area contributed by atoms with Gasteiger partial charge in [-0.2, -0.15) is 4.98 Å². The van der Waals surface area contributed by atoms with Gasteiger partial charge in [0.15, 0.2) is 0 Å². The minimum Gasteiger partial charge on any atom is -0.497 e. The van der Waals surface area contributed by atoms with Gasteiger partial charge in [0.2, 0.25) is 11.7 Å². The number of fused-ring (bicyclic) bond motifs is 1. The van der Waals surface area contributed by atoms with E-state index in [9.17, 15) is 0 Å². The summed E-state index contributed by atoms with van der Waals surface area (Å²) < 4.78 is 16.0. The van der Waals surface area contributed by atoms with Gasteiger partial charge in [0.1, 0.15) is 17.3 Å². The Morgan fingerprint density at radius 2 is 1.83 bits per heavy atom. The van der Waals surface area contributed by atoms with Crippen molar-refractivity contribution in [3.63, 3.8) is 0 Å². The van der Waals surface area contributed by atoms with Gasteiger partial charge in [0.05, 0.1) is 25.3 Å². The molecule has 29 heavy (non-hydrogen) atoms. The smallest absolute Gasteiger partial charge is 0.223 e. The molecule has 7 heteroatoms. The Hall–Kier alpha value is -3.61. The first kappa shape index (κ1) is 18.7. The molecular formula is C22H22N4O3. The van der Waals surface area contributed by atoms with Gasteiger partial charge in [-0.15, -0.1) is 0 Å².